The van der Waals surface area contributed by atoms with Crippen LogP contribution in [0.4, 0.5) is 0 Å². The van der Waals surface area contributed by atoms with Gasteiger partial charge in [-0.15, -0.1) is 0 Å². The summed E-state index contributed by atoms with van der Waals surface area (Å²) < 4.78 is 9.72. The third-order valence-corrected chi connectivity index (χ3v) is 1.20. The maximum Gasteiger partial charge on any atom is 0.246 e. The zero-order chi connectivity index (χ0) is 5.82. The highest BCUT2D eigenvalue weighted by molar-refractivity contribution is 5.97. The van der Waals surface area contributed by atoms with Gasteiger partial charge < -0.3 is 9.16 Å². The van der Waals surface area contributed by atoms with Gasteiger partial charge in [-0.05, 0) is 6.08 Å². The second-order valence-electron chi connectivity index (χ2n) is 1.68. The molecule has 0 saturated heterocycles. The largest absolute Gasteiger partial charge is 0.496 e. The fraction of sp³-hybridized carbons (Fsp3) is 0.600. The standard InChI is InChI=1S/C5H7O2Si/c8-7-4-5-2-1-3-6-5/h1,3,5H,2,4H2. The molecule has 1 rings (SSSR count). The van der Waals surface area contributed by atoms with E-state index in [2.05, 4.69) is 14.9 Å². The lowest BCUT2D eigenvalue weighted by Gasteiger charge is -2.06. The molecule has 0 bridgehead atoms. The molecule has 0 aliphatic carbocycles. The minimum absolute atomic E-state index is 0.229. The monoisotopic (exact) mass is 127 g/mol. The summed E-state index contributed by atoms with van der Waals surface area (Å²) in [7, 11) is 2.89. The Hall–Kier alpha value is -0.283. The van der Waals surface area contributed by atoms with Gasteiger partial charge in [-0.1, -0.05) is 0 Å². The Balaban J connectivity index is 2.10. The molecule has 0 aromatic carbocycles. The summed E-state index contributed by atoms with van der Waals surface area (Å²) in [6, 6.07) is 0. The van der Waals surface area contributed by atoms with Gasteiger partial charge in [0.15, 0.2) is 0 Å². The summed E-state index contributed by atoms with van der Waals surface area (Å²) >= 11 is 0. The summed E-state index contributed by atoms with van der Waals surface area (Å²) in [6.45, 7) is 0.615. The van der Waals surface area contributed by atoms with Gasteiger partial charge >= 0.3 is 0 Å². The lowest BCUT2D eigenvalue weighted by Crippen LogP contribution is -2.12. The van der Waals surface area contributed by atoms with Crippen LogP contribution >= 0.6 is 0 Å². The molecule has 0 spiro atoms. The zero-order valence-electron chi connectivity index (χ0n) is 4.46. The first kappa shape index (κ1) is 5.85. The van der Waals surface area contributed by atoms with Gasteiger partial charge in [-0.25, -0.2) is 0 Å². The second kappa shape index (κ2) is 2.89. The van der Waals surface area contributed by atoms with Gasteiger partial charge in [0, 0.05) is 6.42 Å². The van der Waals surface area contributed by atoms with Crippen molar-refractivity contribution in [3.8, 4) is 0 Å². The van der Waals surface area contributed by atoms with Gasteiger partial charge in [0.05, 0.1) is 12.9 Å². The molecule has 3 radical (unpaired) electrons. The zero-order valence-corrected chi connectivity index (χ0v) is 5.46. The summed E-state index contributed by atoms with van der Waals surface area (Å²) in [5, 5.41) is 0. The number of ether oxygens (including phenoxy) is 1. The molecule has 0 amide bonds. The van der Waals surface area contributed by atoms with Crippen LogP contribution in [0.1, 0.15) is 6.42 Å². The van der Waals surface area contributed by atoms with E-state index in [-0.39, 0.29) is 6.10 Å². The number of rotatable bonds is 2. The summed E-state index contributed by atoms with van der Waals surface area (Å²) in [5.41, 5.74) is 0. The van der Waals surface area contributed by atoms with Gasteiger partial charge in [-0.3, -0.25) is 0 Å². The molecule has 43 valence electrons. The quantitative estimate of drug-likeness (QED) is 0.499. The number of hydrogen-bond donors (Lipinski definition) is 0. The van der Waals surface area contributed by atoms with E-state index in [4.69, 9.17) is 4.74 Å². The van der Waals surface area contributed by atoms with E-state index in [0.29, 0.717) is 6.61 Å². The summed E-state index contributed by atoms with van der Waals surface area (Å²) in [6.07, 6.45) is 4.88. The average Bonchev–Trinajstić information content (AvgIpc) is 2.19. The van der Waals surface area contributed by atoms with E-state index >= 15 is 0 Å². The Morgan fingerprint density at radius 2 is 2.75 bits per heavy atom. The first-order valence-corrected chi connectivity index (χ1v) is 2.93. The second-order valence-corrected chi connectivity index (χ2v) is 1.97. The van der Waals surface area contributed by atoms with Crippen LogP contribution in [0.2, 0.25) is 0 Å². The molecule has 1 unspecified atom stereocenters. The van der Waals surface area contributed by atoms with Crippen molar-refractivity contribution >= 4 is 10.5 Å². The van der Waals surface area contributed by atoms with E-state index in [1.165, 1.54) is 0 Å². The molecule has 1 atom stereocenters. The SMILES string of the molecule is [Si]OCC1CC=CO1. The fourth-order valence-corrected chi connectivity index (χ4v) is 0.816. The molecule has 3 heteroatoms. The maximum absolute atomic E-state index is 5.06. The van der Waals surface area contributed by atoms with Crippen molar-refractivity contribution in [3.63, 3.8) is 0 Å². The Bertz CT molecular complexity index is 84.4. The molecular weight excluding hydrogens is 120 g/mol. The maximum atomic E-state index is 5.06. The van der Waals surface area contributed by atoms with Gasteiger partial charge in [-0.2, -0.15) is 0 Å². The minimum Gasteiger partial charge on any atom is -0.496 e. The van der Waals surface area contributed by atoms with Crippen molar-refractivity contribution in [1.29, 1.82) is 0 Å². The predicted molar refractivity (Wildman–Crippen MR) is 30.3 cm³/mol. The Labute approximate surface area is 52.0 Å². The van der Waals surface area contributed by atoms with Crippen molar-refractivity contribution in [2.75, 3.05) is 6.61 Å². The third kappa shape index (κ3) is 1.35. The van der Waals surface area contributed by atoms with E-state index < -0.39 is 0 Å². The average molecular weight is 127 g/mol. The molecule has 1 heterocycles. The highest BCUT2D eigenvalue weighted by Gasteiger charge is 2.08. The summed E-state index contributed by atoms with van der Waals surface area (Å²) in [4.78, 5) is 0. The Morgan fingerprint density at radius 3 is 3.25 bits per heavy atom. The van der Waals surface area contributed by atoms with Crippen LogP contribution in [0, 0.1) is 0 Å². The van der Waals surface area contributed by atoms with Crippen LogP contribution in [-0.2, 0) is 9.16 Å². The predicted octanol–water partition coefficient (Wildman–Crippen LogP) is 0.389. The van der Waals surface area contributed by atoms with E-state index in [1.54, 1.807) is 6.26 Å². The molecule has 0 saturated carbocycles. The molecule has 2 nitrogen and oxygen atoms in total. The molecule has 1 aliphatic rings. The normalized spacial score (nSPS) is 25.9. The Kier molecular flexibility index (Phi) is 2.11. The van der Waals surface area contributed by atoms with Gasteiger partial charge in [0.2, 0.25) is 10.5 Å². The van der Waals surface area contributed by atoms with Crippen molar-refractivity contribution in [1.82, 2.24) is 0 Å². The van der Waals surface area contributed by atoms with Gasteiger partial charge in [0.1, 0.15) is 6.10 Å². The topological polar surface area (TPSA) is 18.5 Å². The molecule has 0 N–H and O–H groups in total. The van der Waals surface area contributed by atoms with Crippen LogP contribution in [0.5, 0.6) is 0 Å². The summed E-state index contributed by atoms with van der Waals surface area (Å²) in [5.74, 6) is 0. The third-order valence-electron chi connectivity index (χ3n) is 1.04. The van der Waals surface area contributed by atoms with Gasteiger partial charge in [0.25, 0.3) is 0 Å². The molecule has 0 aromatic rings. The van der Waals surface area contributed by atoms with Crippen molar-refractivity contribution in [3.05, 3.63) is 12.3 Å². The van der Waals surface area contributed by atoms with Crippen molar-refractivity contribution in [2.24, 2.45) is 0 Å². The van der Waals surface area contributed by atoms with E-state index in [0.717, 1.165) is 6.42 Å². The first-order chi connectivity index (χ1) is 3.93. The lowest BCUT2D eigenvalue weighted by atomic mass is 10.3. The van der Waals surface area contributed by atoms with Crippen LogP contribution in [0.25, 0.3) is 0 Å². The molecule has 8 heavy (non-hydrogen) atoms. The van der Waals surface area contributed by atoms with Crippen LogP contribution in [0.15, 0.2) is 12.3 Å². The smallest absolute Gasteiger partial charge is 0.246 e. The molecule has 0 aromatic heterocycles. The highest BCUT2D eigenvalue weighted by Crippen LogP contribution is 2.07. The van der Waals surface area contributed by atoms with E-state index in [1.807, 2.05) is 6.08 Å². The molecule has 0 fully saturated rings. The van der Waals surface area contributed by atoms with Crippen LogP contribution < -0.4 is 0 Å². The Morgan fingerprint density at radius 1 is 1.88 bits per heavy atom. The van der Waals surface area contributed by atoms with Crippen molar-refractivity contribution < 1.29 is 9.16 Å². The molecular formula is C5H7O2Si. The van der Waals surface area contributed by atoms with Crippen molar-refractivity contribution in [2.45, 2.75) is 12.5 Å². The van der Waals surface area contributed by atoms with E-state index in [9.17, 15) is 0 Å². The van der Waals surface area contributed by atoms with Crippen LogP contribution in [0.3, 0.4) is 0 Å². The number of hydrogen-bond acceptors (Lipinski definition) is 2. The fourth-order valence-electron chi connectivity index (χ4n) is 0.630. The lowest BCUT2D eigenvalue weighted by molar-refractivity contribution is 0.113. The highest BCUT2D eigenvalue weighted by atomic mass is 28.2. The molecule has 1 aliphatic heterocycles. The first-order valence-electron chi connectivity index (χ1n) is 2.52. The van der Waals surface area contributed by atoms with Crippen LogP contribution in [-0.4, -0.2) is 23.2 Å². The minimum atomic E-state index is 0.229.